The number of hydrogen-bond donors (Lipinski definition) is 1. The first-order valence-electron chi connectivity index (χ1n) is 7.23. The van der Waals surface area contributed by atoms with Crippen molar-refractivity contribution in [2.45, 2.75) is 13.1 Å². The Hall–Kier alpha value is -2.09. The number of alkyl halides is 3. The molecular weight excluding hydrogens is 406 g/mol. The standard InChI is InChI=1S/C17H14BrF4NO2/c1-10(9-25-13-5-2-11(19)3-6-13)16(24)23-12-4-7-15(18)14(8-12)17(20,21)22/h2-8,10H,9H2,1H3,(H,23,24). The molecule has 1 amide bonds. The summed E-state index contributed by atoms with van der Waals surface area (Å²) in [6.07, 6.45) is -4.53. The molecule has 1 unspecified atom stereocenters. The molecule has 0 spiro atoms. The highest BCUT2D eigenvalue weighted by molar-refractivity contribution is 9.10. The van der Waals surface area contributed by atoms with Crippen LogP contribution in [0.1, 0.15) is 12.5 Å². The maximum atomic E-state index is 12.9. The number of anilines is 1. The number of benzene rings is 2. The quantitative estimate of drug-likeness (QED) is 0.671. The second-order valence-corrected chi connectivity index (χ2v) is 6.20. The zero-order chi connectivity index (χ0) is 18.6. The van der Waals surface area contributed by atoms with Crippen molar-refractivity contribution in [3.05, 3.63) is 58.3 Å². The Kier molecular flexibility index (Phi) is 6.05. The third kappa shape index (κ3) is 5.45. The smallest absolute Gasteiger partial charge is 0.417 e. The second kappa shape index (κ2) is 7.86. The van der Waals surface area contributed by atoms with Gasteiger partial charge in [-0.3, -0.25) is 4.79 Å². The highest BCUT2D eigenvalue weighted by Gasteiger charge is 2.33. The Morgan fingerprint density at radius 1 is 1.20 bits per heavy atom. The van der Waals surface area contributed by atoms with Gasteiger partial charge in [-0.2, -0.15) is 13.2 Å². The fraction of sp³-hybridized carbons (Fsp3) is 0.235. The number of ether oxygens (including phenoxy) is 1. The van der Waals surface area contributed by atoms with Crippen molar-refractivity contribution < 1.29 is 27.1 Å². The molecule has 2 aromatic carbocycles. The summed E-state index contributed by atoms with van der Waals surface area (Å²) in [4.78, 5) is 12.1. The minimum atomic E-state index is -4.53. The van der Waals surface area contributed by atoms with Crippen molar-refractivity contribution in [2.75, 3.05) is 11.9 Å². The summed E-state index contributed by atoms with van der Waals surface area (Å²) in [7, 11) is 0. The van der Waals surface area contributed by atoms with Gasteiger partial charge >= 0.3 is 6.18 Å². The monoisotopic (exact) mass is 419 g/mol. The van der Waals surface area contributed by atoms with E-state index in [9.17, 15) is 22.4 Å². The summed E-state index contributed by atoms with van der Waals surface area (Å²) < 4.78 is 56.7. The number of hydrogen-bond acceptors (Lipinski definition) is 2. The van der Waals surface area contributed by atoms with Crippen molar-refractivity contribution in [3.63, 3.8) is 0 Å². The molecule has 134 valence electrons. The lowest BCUT2D eigenvalue weighted by Gasteiger charge is -2.15. The fourth-order valence-electron chi connectivity index (χ4n) is 1.91. The van der Waals surface area contributed by atoms with Gasteiger partial charge in [-0.25, -0.2) is 4.39 Å². The van der Waals surface area contributed by atoms with E-state index in [4.69, 9.17) is 4.74 Å². The summed E-state index contributed by atoms with van der Waals surface area (Å²) in [6, 6.07) is 8.73. The molecule has 0 fully saturated rings. The summed E-state index contributed by atoms with van der Waals surface area (Å²) in [6.45, 7) is 1.57. The van der Waals surface area contributed by atoms with Crippen molar-refractivity contribution >= 4 is 27.5 Å². The van der Waals surface area contributed by atoms with Crippen molar-refractivity contribution in [3.8, 4) is 5.75 Å². The van der Waals surface area contributed by atoms with Crippen LogP contribution in [0.15, 0.2) is 46.9 Å². The van der Waals surface area contributed by atoms with Crippen molar-refractivity contribution in [1.29, 1.82) is 0 Å². The van der Waals surface area contributed by atoms with Gasteiger partial charge in [-0.05, 0) is 42.5 Å². The van der Waals surface area contributed by atoms with Crippen LogP contribution in [0, 0.1) is 11.7 Å². The first-order valence-corrected chi connectivity index (χ1v) is 8.02. The first kappa shape index (κ1) is 19.2. The maximum Gasteiger partial charge on any atom is 0.417 e. The van der Waals surface area contributed by atoms with Crippen molar-refractivity contribution in [2.24, 2.45) is 5.92 Å². The summed E-state index contributed by atoms with van der Waals surface area (Å²) in [5.41, 5.74) is -0.838. The van der Waals surface area contributed by atoms with Gasteiger partial charge < -0.3 is 10.1 Å². The molecule has 25 heavy (non-hydrogen) atoms. The maximum absolute atomic E-state index is 12.9. The van der Waals surface area contributed by atoms with Crippen LogP contribution in [0.4, 0.5) is 23.2 Å². The van der Waals surface area contributed by atoms with E-state index in [1.54, 1.807) is 6.92 Å². The molecule has 0 aliphatic carbocycles. The van der Waals surface area contributed by atoms with Crippen LogP contribution in [0.2, 0.25) is 0 Å². The van der Waals surface area contributed by atoms with Crippen LogP contribution >= 0.6 is 15.9 Å². The molecular formula is C17H14BrF4NO2. The Balaban J connectivity index is 1.98. The number of carbonyl (C=O) groups is 1. The van der Waals surface area contributed by atoms with Crippen molar-refractivity contribution in [1.82, 2.24) is 0 Å². The molecule has 0 aromatic heterocycles. The van der Waals surface area contributed by atoms with E-state index in [-0.39, 0.29) is 16.8 Å². The third-order valence-electron chi connectivity index (χ3n) is 3.30. The molecule has 0 bridgehead atoms. The van der Waals surface area contributed by atoms with E-state index >= 15 is 0 Å². The Morgan fingerprint density at radius 2 is 1.84 bits per heavy atom. The average molecular weight is 420 g/mol. The Bertz CT molecular complexity index is 747. The van der Waals surface area contributed by atoms with Crippen LogP contribution in [0.5, 0.6) is 5.75 Å². The zero-order valence-corrected chi connectivity index (χ0v) is 14.6. The Labute approximate surface area is 150 Å². The van der Waals surface area contributed by atoms with Gasteiger partial charge in [0.1, 0.15) is 11.6 Å². The third-order valence-corrected chi connectivity index (χ3v) is 3.99. The molecule has 2 rings (SSSR count). The first-order chi connectivity index (χ1) is 11.7. The van der Waals surface area contributed by atoms with Gasteiger partial charge in [0, 0.05) is 10.2 Å². The molecule has 1 atom stereocenters. The van der Waals surface area contributed by atoms with E-state index in [2.05, 4.69) is 21.2 Å². The molecule has 0 radical (unpaired) electrons. The van der Waals surface area contributed by atoms with E-state index in [0.717, 1.165) is 6.07 Å². The second-order valence-electron chi connectivity index (χ2n) is 5.35. The highest BCUT2D eigenvalue weighted by atomic mass is 79.9. The molecule has 0 saturated carbocycles. The minimum absolute atomic E-state index is 0.000121. The minimum Gasteiger partial charge on any atom is -0.493 e. The number of halogens is 5. The predicted octanol–water partition coefficient (Wildman–Crippen LogP) is 5.26. The van der Waals surface area contributed by atoms with Gasteiger partial charge in [0.05, 0.1) is 18.1 Å². The summed E-state index contributed by atoms with van der Waals surface area (Å²) in [5, 5.41) is 2.43. The number of amides is 1. The van der Waals surface area contributed by atoms with Crippen LogP contribution in [-0.4, -0.2) is 12.5 Å². The van der Waals surface area contributed by atoms with Gasteiger partial charge in [0.15, 0.2) is 0 Å². The lowest BCUT2D eigenvalue weighted by atomic mass is 10.1. The van der Waals surface area contributed by atoms with E-state index in [1.165, 1.54) is 36.4 Å². The van der Waals surface area contributed by atoms with E-state index in [1.807, 2.05) is 0 Å². The van der Waals surface area contributed by atoms with E-state index in [0.29, 0.717) is 5.75 Å². The largest absolute Gasteiger partial charge is 0.493 e. The highest BCUT2D eigenvalue weighted by Crippen LogP contribution is 2.36. The normalized spacial score (nSPS) is 12.6. The average Bonchev–Trinajstić information content (AvgIpc) is 2.54. The lowest BCUT2D eigenvalue weighted by Crippen LogP contribution is -2.25. The van der Waals surface area contributed by atoms with Crippen LogP contribution in [0.3, 0.4) is 0 Å². The SMILES string of the molecule is CC(COc1ccc(F)cc1)C(=O)Nc1ccc(Br)c(C(F)(F)F)c1. The molecule has 1 N–H and O–H groups in total. The molecule has 0 aliphatic heterocycles. The van der Waals surface area contributed by atoms with Gasteiger partial charge in [-0.15, -0.1) is 0 Å². The summed E-state index contributed by atoms with van der Waals surface area (Å²) >= 11 is 2.84. The molecule has 0 aliphatic rings. The van der Waals surface area contributed by atoms with Gasteiger partial charge in [0.25, 0.3) is 0 Å². The van der Waals surface area contributed by atoms with Crippen LogP contribution in [0.25, 0.3) is 0 Å². The molecule has 2 aromatic rings. The number of rotatable bonds is 5. The molecule has 0 saturated heterocycles. The lowest BCUT2D eigenvalue weighted by molar-refractivity contribution is -0.138. The fourth-order valence-corrected chi connectivity index (χ4v) is 2.38. The van der Waals surface area contributed by atoms with E-state index < -0.39 is 29.4 Å². The zero-order valence-electron chi connectivity index (χ0n) is 13.0. The van der Waals surface area contributed by atoms with Crippen LogP contribution < -0.4 is 10.1 Å². The number of carbonyl (C=O) groups excluding carboxylic acids is 1. The molecule has 3 nitrogen and oxygen atoms in total. The molecule has 8 heteroatoms. The predicted molar refractivity (Wildman–Crippen MR) is 88.8 cm³/mol. The number of nitrogens with one attached hydrogen (secondary N) is 1. The molecule has 0 heterocycles. The van der Waals surface area contributed by atoms with Gasteiger partial charge in [-0.1, -0.05) is 22.9 Å². The Morgan fingerprint density at radius 3 is 2.44 bits per heavy atom. The van der Waals surface area contributed by atoms with Gasteiger partial charge in [0.2, 0.25) is 5.91 Å². The van der Waals surface area contributed by atoms with Crippen LogP contribution in [-0.2, 0) is 11.0 Å². The topological polar surface area (TPSA) is 38.3 Å². The summed E-state index contributed by atoms with van der Waals surface area (Å²) in [5.74, 6) is -1.13.